The Hall–Kier alpha value is -1.51. The van der Waals surface area contributed by atoms with E-state index in [1.165, 1.54) is 19.3 Å². The van der Waals surface area contributed by atoms with Gasteiger partial charge in [0.05, 0.1) is 14.2 Å². The Morgan fingerprint density at radius 2 is 1.58 bits per heavy atom. The number of hydrogen-bond acceptors (Lipinski definition) is 3. The maximum atomic E-state index is 11.6. The summed E-state index contributed by atoms with van der Waals surface area (Å²) in [5.41, 5.74) is 0.420. The SMILES string of the molecule is CC.CCCC[C@]1(C)CCC(=O)C(C)C1C.COc1ccccc1OC. The summed E-state index contributed by atoms with van der Waals surface area (Å²) >= 11 is 0. The van der Waals surface area contributed by atoms with Crippen molar-refractivity contribution in [2.75, 3.05) is 14.2 Å². The number of ketones is 1. The Morgan fingerprint density at radius 3 is 2.00 bits per heavy atom. The first-order chi connectivity index (χ1) is 12.4. The van der Waals surface area contributed by atoms with Crippen molar-refractivity contribution in [3.05, 3.63) is 24.3 Å². The minimum Gasteiger partial charge on any atom is -0.493 e. The van der Waals surface area contributed by atoms with E-state index in [1.807, 2.05) is 38.1 Å². The van der Waals surface area contributed by atoms with E-state index >= 15 is 0 Å². The van der Waals surface area contributed by atoms with Crippen LogP contribution in [0, 0.1) is 17.3 Å². The molecular formula is C23H40O3. The first kappa shape index (κ1) is 24.5. The van der Waals surface area contributed by atoms with Gasteiger partial charge in [-0.25, -0.2) is 0 Å². The van der Waals surface area contributed by atoms with Crippen LogP contribution in [0.5, 0.6) is 11.5 Å². The van der Waals surface area contributed by atoms with Crippen LogP contribution in [-0.4, -0.2) is 20.0 Å². The second-order valence-electron chi connectivity index (χ2n) is 7.16. The zero-order valence-corrected chi connectivity index (χ0v) is 18.2. The highest BCUT2D eigenvalue weighted by Crippen LogP contribution is 2.45. The lowest BCUT2D eigenvalue weighted by atomic mass is 9.61. The summed E-state index contributed by atoms with van der Waals surface area (Å²) < 4.78 is 10.0. The van der Waals surface area contributed by atoms with Gasteiger partial charge in [-0.15, -0.1) is 0 Å². The predicted octanol–water partition coefficient (Wildman–Crippen LogP) is 6.55. The first-order valence-corrected chi connectivity index (χ1v) is 10.1. The van der Waals surface area contributed by atoms with E-state index in [9.17, 15) is 4.79 Å². The summed E-state index contributed by atoms with van der Waals surface area (Å²) in [7, 11) is 3.25. The van der Waals surface area contributed by atoms with E-state index in [-0.39, 0.29) is 5.92 Å². The molecule has 0 N–H and O–H groups in total. The molecule has 1 aromatic carbocycles. The summed E-state index contributed by atoms with van der Waals surface area (Å²) in [6.45, 7) is 13.0. The smallest absolute Gasteiger partial charge is 0.160 e. The van der Waals surface area contributed by atoms with Gasteiger partial charge in [0.2, 0.25) is 0 Å². The van der Waals surface area contributed by atoms with Crippen LogP contribution >= 0.6 is 0 Å². The molecule has 150 valence electrons. The molecule has 1 fully saturated rings. The molecule has 1 saturated carbocycles. The Morgan fingerprint density at radius 1 is 1.08 bits per heavy atom. The molecule has 1 aliphatic rings. The van der Waals surface area contributed by atoms with E-state index in [1.54, 1.807) is 14.2 Å². The van der Waals surface area contributed by atoms with Crippen molar-refractivity contribution in [2.45, 2.75) is 73.6 Å². The molecule has 1 aromatic rings. The summed E-state index contributed by atoms with van der Waals surface area (Å²) in [6.07, 6.45) is 5.79. The zero-order valence-electron chi connectivity index (χ0n) is 18.2. The number of para-hydroxylation sites is 2. The number of benzene rings is 1. The molecule has 0 amide bonds. The van der Waals surface area contributed by atoms with E-state index in [2.05, 4.69) is 27.7 Å². The average Bonchev–Trinajstić information content (AvgIpc) is 2.70. The maximum Gasteiger partial charge on any atom is 0.160 e. The van der Waals surface area contributed by atoms with E-state index in [0.717, 1.165) is 24.3 Å². The summed E-state index contributed by atoms with van der Waals surface area (Å²) in [6, 6.07) is 7.53. The molecule has 3 atom stereocenters. The predicted molar refractivity (Wildman–Crippen MR) is 111 cm³/mol. The highest BCUT2D eigenvalue weighted by Gasteiger charge is 2.40. The molecule has 1 aliphatic carbocycles. The molecule has 0 heterocycles. The molecule has 3 nitrogen and oxygen atoms in total. The normalized spacial score (nSPS) is 24.5. The quantitative estimate of drug-likeness (QED) is 0.594. The number of unbranched alkanes of at least 4 members (excludes halogenated alkanes) is 1. The van der Waals surface area contributed by atoms with Gasteiger partial charge < -0.3 is 9.47 Å². The van der Waals surface area contributed by atoms with Gasteiger partial charge in [-0.05, 0) is 36.3 Å². The van der Waals surface area contributed by atoms with Gasteiger partial charge in [0, 0.05) is 12.3 Å². The fraction of sp³-hybridized carbons (Fsp3) is 0.696. The zero-order chi connectivity index (χ0) is 20.2. The molecule has 0 radical (unpaired) electrons. The molecular weight excluding hydrogens is 324 g/mol. The van der Waals surface area contributed by atoms with Gasteiger partial charge in [-0.1, -0.05) is 66.5 Å². The first-order valence-electron chi connectivity index (χ1n) is 10.1. The number of methoxy groups -OCH3 is 2. The van der Waals surface area contributed by atoms with Crippen molar-refractivity contribution in [3.63, 3.8) is 0 Å². The lowest BCUT2D eigenvalue weighted by Gasteiger charge is -2.43. The van der Waals surface area contributed by atoms with Crippen LogP contribution < -0.4 is 9.47 Å². The fourth-order valence-corrected chi connectivity index (χ4v) is 3.47. The third kappa shape index (κ3) is 7.01. The van der Waals surface area contributed by atoms with Crippen LogP contribution in [0.4, 0.5) is 0 Å². The van der Waals surface area contributed by atoms with Gasteiger partial charge in [-0.2, -0.15) is 0 Å². The standard InChI is InChI=1S/C13H24O.C8H10O2.C2H6/c1-5-6-8-13(4)9-7-12(14)10(2)11(13)3;1-9-7-5-3-4-6-8(7)10-2;1-2/h10-11H,5-9H2,1-4H3;3-6H,1-2H3;1-2H3/t10?,11?,13-;;/m1../s1. The van der Waals surface area contributed by atoms with Crippen LogP contribution in [0.2, 0.25) is 0 Å². The minimum atomic E-state index is 0.283. The molecule has 26 heavy (non-hydrogen) atoms. The lowest BCUT2D eigenvalue weighted by Crippen LogP contribution is -2.39. The highest BCUT2D eigenvalue weighted by atomic mass is 16.5. The molecule has 0 aromatic heterocycles. The molecule has 2 rings (SSSR count). The number of carbonyl (C=O) groups excluding carboxylic acids is 1. The lowest BCUT2D eigenvalue weighted by molar-refractivity contribution is -0.130. The Labute approximate surface area is 161 Å². The monoisotopic (exact) mass is 364 g/mol. The Kier molecular flexibility index (Phi) is 12.0. The molecule has 2 unspecified atom stereocenters. The van der Waals surface area contributed by atoms with Crippen molar-refractivity contribution in [3.8, 4) is 11.5 Å². The highest BCUT2D eigenvalue weighted by molar-refractivity contribution is 5.81. The van der Waals surface area contributed by atoms with Gasteiger partial charge in [0.25, 0.3) is 0 Å². The summed E-state index contributed by atoms with van der Waals surface area (Å²) in [5.74, 6) is 2.86. The minimum absolute atomic E-state index is 0.283. The molecule has 0 bridgehead atoms. The van der Waals surface area contributed by atoms with Crippen molar-refractivity contribution < 1.29 is 14.3 Å². The second kappa shape index (κ2) is 12.8. The van der Waals surface area contributed by atoms with Crippen molar-refractivity contribution in [2.24, 2.45) is 17.3 Å². The fourth-order valence-electron chi connectivity index (χ4n) is 3.47. The van der Waals surface area contributed by atoms with E-state index < -0.39 is 0 Å². The largest absolute Gasteiger partial charge is 0.493 e. The van der Waals surface area contributed by atoms with Gasteiger partial charge in [-0.3, -0.25) is 4.79 Å². The molecule has 0 aliphatic heterocycles. The van der Waals surface area contributed by atoms with Crippen LogP contribution in [0.25, 0.3) is 0 Å². The van der Waals surface area contributed by atoms with E-state index in [4.69, 9.17) is 9.47 Å². The molecule has 0 spiro atoms. The summed E-state index contributed by atoms with van der Waals surface area (Å²) in [4.78, 5) is 11.6. The van der Waals surface area contributed by atoms with Crippen molar-refractivity contribution >= 4 is 5.78 Å². The van der Waals surface area contributed by atoms with Gasteiger partial charge in [0.1, 0.15) is 5.78 Å². The molecule has 0 saturated heterocycles. The third-order valence-electron chi connectivity index (χ3n) is 5.69. The maximum absolute atomic E-state index is 11.6. The number of rotatable bonds is 5. The number of carbonyl (C=O) groups is 1. The topological polar surface area (TPSA) is 35.5 Å². The van der Waals surface area contributed by atoms with E-state index in [0.29, 0.717) is 17.1 Å². The summed E-state index contributed by atoms with van der Waals surface area (Å²) in [5, 5.41) is 0. The second-order valence-corrected chi connectivity index (χ2v) is 7.16. The number of Topliss-reactive ketones (excluding diaryl/α,β-unsaturated/α-hetero) is 1. The van der Waals surface area contributed by atoms with Crippen molar-refractivity contribution in [1.82, 2.24) is 0 Å². The number of hydrogen-bond donors (Lipinski definition) is 0. The third-order valence-corrected chi connectivity index (χ3v) is 5.69. The van der Waals surface area contributed by atoms with Crippen LogP contribution in [0.1, 0.15) is 73.6 Å². The van der Waals surface area contributed by atoms with Gasteiger partial charge >= 0.3 is 0 Å². The van der Waals surface area contributed by atoms with Crippen LogP contribution in [-0.2, 0) is 4.79 Å². The van der Waals surface area contributed by atoms with Crippen LogP contribution in [0.3, 0.4) is 0 Å². The average molecular weight is 365 g/mol. The Balaban J connectivity index is 0.000000458. The number of ether oxygens (including phenoxy) is 2. The van der Waals surface area contributed by atoms with Crippen LogP contribution in [0.15, 0.2) is 24.3 Å². The molecule has 3 heteroatoms. The van der Waals surface area contributed by atoms with Crippen molar-refractivity contribution in [1.29, 1.82) is 0 Å². The van der Waals surface area contributed by atoms with Gasteiger partial charge in [0.15, 0.2) is 11.5 Å². The Bertz CT molecular complexity index is 489.